The molecule has 4 rings (SSSR count). The maximum Gasteiger partial charge on any atom is 0.191 e. The molecule has 170 valence electrons. The Morgan fingerprint density at radius 1 is 1.06 bits per heavy atom. The van der Waals surface area contributed by atoms with Gasteiger partial charge in [-0.05, 0) is 49.5 Å². The van der Waals surface area contributed by atoms with Crippen LogP contribution in [0.15, 0.2) is 45.3 Å². The average Bonchev–Trinajstić information content (AvgIpc) is 3.58. The number of aliphatic imine (C=N–C) groups is 1. The molecule has 2 fully saturated rings. The first-order chi connectivity index (χ1) is 15.4. The summed E-state index contributed by atoms with van der Waals surface area (Å²) in [6.07, 6.45) is 5.15. The zero-order valence-electron chi connectivity index (χ0n) is 18.3. The van der Waals surface area contributed by atoms with Gasteiger partial charge in [-0.2, -0.15) is 0 Å². The Labute approximate surface area is 189 Å². The predicted octanol–water partition coefficient (Wildman–Crippen LogP) is 2.59. The van der Waals surface area contributed by atoms with Crippen molar-refractivity contribution in [3.8, 4) is 0 Å². The van der Waals surface area contributed by atoms with Gasteiger partial charge in [-0.3, -0.25) is 14.8 Å². The van der Waals surface area contributed by atoms with Gasteiger partial charge in [0.25, 0.3) is 0 Å². The molecule has 4 heterocycles. The summed E-state index contributed by atoms with van der Waals surface area (Å²) in [4.78, 5) is 11.4. The Morgan fingerprint density at radius 2 is 1.90 bits per heavy atom. The molecular formula is C23H35N5O2S. The van der Waals surface area contributed by atoms with Crippen molar-refractivity contribution in [1.82, 2.24) is 20.4 Å². The zero-order valence-corrected chi connectivity index (χ0v) is 19.1. The third kappa shape index (κ3) is 7.07. The predicted molar refractivity (Wildman–Crippen MR) is 126 cm³/mol. The van der Waals surface area contributed by atoms with Crippen LogP contribution < -0.4 is 10.6 Å². The molecule has 2 aliphatic rings. The second kappa shape index (κ2) is 12.2. The van der Waals surface area contributed by atoms with E-state index in [0.29, 0.717) is 6.04 Å². The van der Waals surface area contributed by atoms with E-state index in [2.05, 4.69) is 37.9 Å². The van der Waals surface area contributed by atoms with Crippen LogP contribution in [-0.2, 0) is 11.2 Å². The summed E-state index contributed by atoms with van der Waals surface area (Å²) in [5.74, 6) is 1.88. The Hall–Kier alpha value is -1.87. The fourth-order valence-electron chi connectivity index (χ4n) is 4.19. The third-order valence-corrected chi connectivity index (χ3v) is 6.92. The molecule has 1 unspecified atom stereocenters. The van der Waals surface area contributed by atoms with Crippen LogP contribution in [0.4, 0.5) is 0 Å². The largest absolute Gasteiger partial charge is 0.469 e. The number of nitrogens with zero attached hydrogens (tertiary/aromatic N) is 3. The van der Waals surface area contributed by atoms with Crippen LogP contribution in [0.3, 0.4) is 0 Å². The van der Waals surface area contributed by atoms with E-state index in [-0.39, 0.29) is 0 Å². The fraction of sp³-hybridized carbons (Fsp3) is 0.609. The summed E-state index contributed by atoms with van der Waals surface area (Å²) >= 11 is 1.84. The number of hydrogen-bond acceptors (Lipinski definition) is 6. The van der Waals surface area contributed by atoms with E-state index in [4.69, 9.17) is 14.1 Å². The highest BCUT2D eigenvalue weighted by Crippen LogP contribution is 2.28. The quantitative estimate of drug-likeness (QED) is 0.433. The van der Waals surface area contributed by atoms with Gasteiger partial charge in [-0.15, -0.1) is 11.3 Å². The van der Waals surface area contributed by atoms with E-state index < -0.39 is 0 Å². The molecule has 2 aromatic rings. The van der Waals surface area contributed by atoms with Crippen molar-refractivity contribution in [2.24, 2.45) is 4.99 Å². The van der Waals surface area contributed by atoms with E-state index in [9.17, 15) is 0 Å². The number of thiophene rings is 1. The van der Waals surface area contributed by atoms with Crippen molar-refractivity contribution in [2.75, 3.05) is 65.6 Å². The lowest BCUT2D eigenvalue weighted by atomic mass is 10.2. The Kier molecular flexibility index (Phi) is 8.82. The zero-order chi connectivity index (χ0) is 21.1. The summed E-state index contributed by atoms with van der Waals surface area (Å²) < 4.78 is 10.9. The van der Waals surface area contributed by atoms with Crippen molar-refractivity contribution in [3.63, 3.8) is 0 Å². The summed E-state index contributed by atoms with van der Waals surface area (Å²) in [6, 6.07) is 8.72. The minimum absolute atomic E-state index is 0.366. The van der Waals surface area contributed by atoms with Crippen molar-refractivity contribution in [3.05, 3.63) is 46.5 Å². The lowest BCUT2D eigenvalue weighted by Gasteiger charge is -2.27. The second-order valence-electron chi connectivity index (χ2n) is 8.10. The van der Waals surface area contributed by atoms with Crippen LogP contribution in [-0.4, -0.2) is 81.3 Å². The minimum atomic E-state index is 0.366. The molecule has 2 saturated heterocycles. The number of ether oxygens (including phenoxy) is 1. The SMILES string of the molecule is c1coc(CCNC(=NCC(c2cccs2)N2CCCC2)NCCN2CCOCC2)c1. The number of morpholine rings is 1. The monoisotopic (exact) mass is 445 g/mol. The maximum absolute atomic E-state index is 5.47. The average molecular weight is 446 g/mol. The lowest BCUT2D eigenvalue weighted by molar-refractivity contribution is 0.0389. The van der Waals surface area contributed by atoms with Crippen molar-refractivity contribution < 1.29 is 9.15 Å². The molecule has 2 aliphatic heterocycles. The molecule has 0 bridgehead atoms. The van der Waals surface area contributed by atoms with Gasteiger partial charge in [0.15, 0.2) is 5.96 Å². The number of rotatable bonds is 10. The van der Waals surface area contributed by atoms with Crippen LogP contribution >= 0.6 is 11.3 Å². The molecule has 0 radical (unpaired) electrons. The minimum Gasteiger partial charge on any atom is -0.469 e. The van der Waals surface area contributed by atoms with Crippen LogP contribution in [0.5, 0.6) is 0 Å². The van der Waals surface area contributed by atoms with Gasteiger partial charge in [0, 0.05) is 44.0 Å². The van der Waals surface area contributed by atoms with Gasteiger partial charge in [0.2, 0.25) is 0 Å². The van der Waals surface area contributed by atoms with Gasteiger partial charge in [0.05, 0.1) is 32.1 Å². The van der Waals surface area contributed by atoms with E-state index in [0.717, 1.165) is 70.6 Å². The number of nitrogens with one attached hydrogen (secondary N) is 2. The molecule has 0 saturated carbocycles. The first-order valence-corrected chi connectivity index (χ1v) is 12.4. The van der Waals surface area contributed by atoms with Crippen LogP contribution in [0.2, 0.25) is 0 Å². The summed E-state index contributed by atoms with van der Waals surface area (Å²) in [5, 5.41) is 9.23. The topological polar surface area (TPSA) is 65.3 Å². The van der Waals surface area contributed by atoms with E-state index in [1.807, 2.05) is 23.5 Å². The highest BCUT2D eigenvalue weighted by atomic mass is 32.1. The van der Waals surface area contributed by atoms with Gasteiger partial charge in [0.1, 0.15) is 5.76 Å². The Morgan fingerprint density at radius 3 is 2.65 bits per heavy atom. The standard InChI is InChI=1S/C23H35N5O2S/c1-2-11-28(10-1)21(22-6-4-18-31-22)19-26-23(24-8-7-20-5-3-15-30-20)25-9-12-27-13-16-29-17-14-27/h3-6,15,18,21H,1-2,7-14,16-17,19H2,(H2,24,25,26). The van der Waals surface area contributed by atoms with Crippen LogP contribution in [0.1, 0.15) is 29.5 Å². The lowest BCUT2D eigenvalue weighted by Crippen LogP contribution is -2.45. The van der Waals surface area contributed by atoms with E-state index in [1.165, 1.54) is 30.8 Å². The molecule has 0 aliphatic carbocycles. The summed E-state index contributed by atoms with van der Waals surface area (Å²) in [7, 11) is 0. The van der Waals surface area contributed by atoms with Crippen molar-refractivity contribution in [1.29, 1.82) is 0 Å². The summed E-state index contributed by atoms with van der Waals surface area (Å²) in [6.45, 7) is 9.47. The molecule has 7 nitrogen and oxygen atoms in total. The molecular weight excluding hydrogens is 410 g/mol. The molecule has 0 amide bonds. The third-order valence-electron chi connectivity index (χ3n) is 5.94. The smallest absolute Gasteiger partial charge is 0.191 e. The summed E-state index contributed by atoms with van der Waals surface area (Å²) in [5.41, 5.74) is 0. The fourth-order valence-corrected chi connectivity index (χ4v) is 5.04. The molecule has 2 N–H and O–H groups in total. The van der Waals surface area contributed by atoms with Gasteiger partial charge < -0.3 is 19.8 Å². The molecule has 8 heteroatoms. The van der Waals surface area contributed by atoms with Crippen molar-refractivity contribution >= 4 is 17.3 Å². The Balaban J connectivity index is 1.35. The molecule has 2 aromatic heterocycles. The first kappa shape index (κ1) is 22.3. The van der Waals surface area contributed by atoms with Gasteiger partial charge >= 0.3 is 0 Å². The first-order valence-electron chi connectivity index (χ1n) is 11.5. The highest BCUT2D eigenvalue weighted by Gasteiger charge is 2.24. The second-order valence-corrected chi connectivity index (χ2v) is 9.08. The van der Waals surface area contributed by atoms with E-state index in [1.54, 1.807) is 6.26 Å². The van der Waals surface area contributed by atoms with E-state index >= 15 is 0 Å². The Bertz CT molecular complexity index is 753. The number of guanidine groups is 1. The number of likely N-dealkylation sites (tertiary alicyclic amines) is 1. The molecule has 0 aromatic carbocycles. The highest BCUT2D eigenvalue weighted by molar-refractivity contribution is 7.10. The van der Waals surface area contributed by atoms with Crippen LogP contribution in [0.25, 0.3) is 0 Å². The molecule has 1 atom stereocenters. The van der Waals surface area contributed by atoms with Gasteiger partial charge in [-0.1, -0.05) is 6.07 Å². The normalized spacial score (nSPS) is 19.5. The number of hydrogen-bond donors (Lipinski definition) is 2. The molecule has 0 spiro atoms. The maximum atomic E-state index is 5.47. The van der Waals surface area contributed by atoms with Crippen molar-refractivity contribution in [2.45, 2.75) is 25.3 Å². The van der Waals surface area contributed by atoms with Gasteiger partial charge in [-0.25, -0.2) is 0 Å². The van der Waals surface area contributed by atoms with Crippen LogP contribution in [0, 0.1) is 0 Å². The molecule has 31 heavy (non-hydrogen) atoms. The number of furan rings is 1.